The normalized spacial score (nSPS) is 12.9. The molecule has 0 radical (unpaired) electrons. The average molecular weight is 406 g/mol. The van der Waals surface area contributed by atoms with Crippen LogP contribution < -0.4 is 0 Å². The minimum atomic E-state index is -0.204. The zero-order valence-corrected chi connectivity index (χ0v) is 17.3. The molecule has 0 spiro atoms. The van der Waals surface area contributed by atoms with E-state index < -0.39 is 0 Å². The van der Waals surface area contributed by atoms with E-state index in [0.29, 0.717) is 18.7 Å². The van der Waals surface area contributed by atoms with Crippen molar-refractivity contribution >= 4 is 17.7 Å². The lowest BCUT2D eigenvalue weighted by Crippen LogP contribution is -2.25. The third-order valence-electron chi connectivity index (χ3n) is 5.41. The molecule has 29 heavy (non-hydrogen) atoms. The number of hydrogen-bond donors (Lipinski definition) is 2. The Labute approximate surface area is 174 Å². The Morgan fingerprint density at radius 1 is 1.00 bits per heavy atom. The average Bonchev–Trinajstić information content (AvgIpc) is 3.15. The largest absolute Gasteiger partial charge is 0.507 e. The fraction of sp³-hybridized carbons (Fsp3) is 0.208. The SMILES string of the molecule is Cc1ccc(Sc2cc(C(=O)N3Cc4ccccc4C3)c(O)cc2CO)cc1C. The highest BCUT2D eigenvalue weighted by molar-refractivity contribution is 7.99. The Balaban J connectivity index is 1.65. The van der Waals surface area contributed by atoms with Crippen LogP contribution in [0.5, 0.6) is 5.75 Å². The quantitative estimate of drug-likeness (QED) is 0.654. The summed E-state index contributed by atoms with van der Waals surface area (Å²) in [5, 5.41) is 20.2. The topological polar surface area (TPSA) is 60.8 Å². The van der Waals surface area contributed by atoms with Crippen molar-refractivity contribution in [2.24, 2.45) is 0 Å². The van der Waals surface area contributed by atoms with E-state index in [4.69, 9.17) is 0 Å². The lowest BCUT2D eigenvalue weighted by Gasteiger charge is -2.18. The van der Waals surface area contributed by atoms with Gasteiger partial charge in [-0.3, -0.25) is 4.79 Å². The van der Waals surface area contributed by atoms with Crippen LogP contribution in [0.15, 0.2) is 64.4 Å². The first-order valence-electron chi connectivity index (χ1n) is 9.54. The van der Waals surface area contributed by atoms with E-state index in [1.165, 1.54) is 29.0 Å². The Morgan fingerprint density at radius 3 is 2.31 bits per heavy atom. The number of aromatic hydroxyl groups is 1. The van der Waals surface area contributed by atoms with Gasteiger partial charge < -0.3 is 15.1 Å². The van der Waals surface area contributed by atoms with E-state index in [2.05, 4.69) is 26.0 Å². The molecule has 0 unspecified atom stereocenters. The summed E-state index contributed by atoms with van der Waals surface area (Å²) in [4.78, 5) is 16.7. The van der Waals surface area contributed by atoms with E-state index in [-0.39, 0.29) is 23.8 Å². The van der Waals surface area contributed by atoms with Crippen molar-refractivity contribution in [3.05, 3.63) is 88.0 Å². The van der Waals surface area contributed by atoms with E-state index in [9.17, 15) is 15.0 Å². The molecular weight excluding hydrogens is 382 g/mol. The van der Waals surface area contributed by atoms with Gasteiger partial charge in [-0.05, 0) is 65.9 Å². The number of amides is 1. The van der Waals surface area contributed by atoms with Gasteiger partial charge in [0.2, 0.25) is 0 Å². The molecule has 0 bridgehead atoms. The lowest BCUT2D eigenvalue weighted by molar-refractivity contribution is 0.0748. The van der Waals surface area contributed by atoms with Crippen molar-refractivity contribution in [3.63, 3.8) is 0 Å². The van der Waals surface area contributed by atoms with Gasteiger partial charge in [-0.2, -0.15) is 0 Å². The predicted molar refractivity (Wildman–Crippen MR) is 114 cm³/mol. The number of benzene rings is 3. The van der Waals surface area contributed by atoms with Crippen LogP contribution in [0.3, 0.4) is 0 Å². The smallest absolute Gasteiger partial charge is 0.258 e. The fourth-order valence-corrected chi connectivity index (χ4v) is 4.61. The first-order chi connectivity index (χ1) is 14.0. The molecule has 1 heterocycles. The molecule has 4 rings (SSSR count). The molecule has 2 N–H and O–H groups in total. The molecule has 3 aromatic rings. The Bertz CT molecular complexity index is 1070. The van der Waals surface area contributed by atoms with Crippen LogP contribution >= 0.6 is 11.8 Å². The third kappa shape index (κ3) is 3.88. The number of rotatable bonds is 4. The van der Waals surface area contributed by atoms with E-state index in [1.54, 1.807) is 11.0 Å². The summed E-state index contributed by atoms with van der Waals surface area (Å²) in [6, 6.07) is 17.4. The summed E-state index contributed by atoms with van der Waals surface area (Å²) in [5.74, 6) is -0.301. The number of fused-ring (bicyclic) bond motifs is 1. The summed E-state index contributed by atoms with van der Waals surface area (Å²) in [5.41, 5.74) is 5.54. The molecule has 148 valence electrons. The van der Waals surface area contributed by atoms with Crippen molar-refractivity contribution in [1.29, 1.82) is 0 Å². The highest BCUT2D eigenvalue weighted by Crippen LogP contribution is 2.36. The molecule has 0 aromatic heterocycles. The molecule has 0 fully saturated rings. The van der Waals surface area contributed by atoms with Crippen LogP contribution in [0.25, 0.3) is 0 Å². The number of hydrogen-bond acceptors (Lipinski definition) is 4. The van der Waals surface area contributed by atoms with Gasteiger partial charge in [-0.25, -0.2) is 0 Å². The van der Waals surface area contributed by atoms with Crippen molar-refractivity contribution in [1.82, 2.24) is 4.90 Å². The highest BCUT2D eigenvalue weighted by Gasteiger charge is 2.26. The number of aliphatic hydroxyl groups is 1. The summed E-state index contributed by atoms with van der Waals surface area (Å²) >= 11 is 1.49. The monoisotopic (exact) mass is 405 g/mol. The van der Waals surface area contributed by atoms with Gasteiger partial charge >= 0.3 is 0 Å². The fourth-order valence-electron chi connectivity index (χ4n) is 3.55. The Hall–Kier alpha value is -2.76. The van der Waals surface area contributed by atoms with E-state index in [1.807, 2.05) is 30.3 Å². The minimum Gasteiger partial charge on any atom is -0.507 e. The number of phenolic OH excluding ortho intramolecular Hbond substituents is 1. The summed E-state index contributed by atoms with van der Waals surface area (Å²) in [6.07, 6.45) is 0. The molecule has 5 heteroatoms. The molecule has 0 aliphatic carbocycles. The molecular formula is C24H23NO3S. The first-order valence-corrected chi connectivity index (χ1v) is 10.4. The van der Waals surface area contributed by atoms with Crippen molar-refractivity contribution in [2.45, 2.75) is 43.3 Å². The Kier molecular flexibility index (Phi) is 5.35. The van der Waals surface area contributed by atoms with Crippen LogP contribution in [-0.2, 0) is 19.7 Å². The van der Waals surface area contributed by atoms with Crippen LogP contribution in [0.1, 0.15) is 38.2 Å². The highest BCUT2D eigenvalue weighted by atomic mass is 32.2. The number of carbonyl (C=O) groups is 1. The van der Waals surface area contributed by atoms with Gasteiger partial charge in [0.1, 0.15) is 5.75 Å². The summed E-state index contributed by atoms with van der Waals surface area (Å²) < 4.78 is 0. The van der Waals surface area contributed by atoms with Crippen molar-refractivity contribution in [3.8, 4) is 5.75 Å². The zero-order chi connectivity index (χ0) is 20.5. The molecule has 1 amide bonds. The van der Waals surface area contributed by atoms with Gasteiger partial charge in [-0.1, -0.05) is 42.1 Å². The standard InChI is InChI=1S/C24H23NO3S/c1-15-7-8-20(9-16(15)2)29-23-11-21(22(27)10-19(23)14-26)24(28)25-12-17-5-3-4-6-18(17)13-25/h3-11,26-27H,12-14H2,1-2H3. The van der Waals surface area contributed by atoms with Gasteiger partial charge in [0.05, 0.1) is 12.2 Å². The zero-order valence-electron chi connectivity index (χ0n) is 16.5. The number of aryl methyl sites for hydroxylation is 2. The molecule has 4 nitrogen and oxygen atoms in total. The van der Waals surface area contributed by atoms with Crippen molar-refractivity contribution in [2.75, 3.05) is 0 Å². The van der Waals surface area contributed by atoms with E-state index in [0.717, 1.165) is 20.9 Å². The van der Waals surface area contributed by atoms with Crippen LogP contribution in [0.4, 0.5) is 0 Å². The minimum absolute atomic E-state index is 0.0977. The second-order valence-electron chi connectivity index (χ2n) is 7.41. The second-order valence-corrected chi connectivity index (χ2v) is 8.53. The predicted octanol–water partition coefficient (Wildman–Crippen LogP) is 4.81. The Morgan fingerprint density at radius 2 is 1.69 bits per heavy atom. The number of carbonyl (C=O) groups excluding carboxylic acids is 1. The maximum Gasteiger partial charge on any atom is 0.258 e. The van der Waals surface area contributed by atoms with Gasteiger partial charge in [-0.15, -0.1) is 0 Å². The van der Waals surface area contributed by atoms with Gasteiger partial charge in [0.15, 0.2) is 0 Å². The third-order valence-corrected chi connectivity index (χ3v) is 6.50. The number of phenols is 1. The van der Waals surface area contributed by atoms with Gasteiger partial charge in [0.25, 0.3) is 5.91 Å². The molecule has 0 saturated carbocycles. The van der Waals surface area contributed by atoms with Crippen LogP contribution in [0.2, 0.25) is 0 Å². The molecule has 1 aliphatic heterocycles. The first kappa shape index (κ1) is 19.6. The second kappa shape index (κ2) is 7.93. The van der Waals surface area contributed by atoms with Crippen LogP contribution in [-0.4, -0.2) is 21.0 Å². The molecule has 0 atom stereocenters. The van der Waals surface area contributed by atoms with E-state index >= 15 is 0 Å². The maximum atomic E-state index is 13.1. The van der Waals surface area contributed by atoms with Gasteiger partial charge in [0, 0.05) is 22.9 Å². The summed E-state index contributed by atoms with van der Waals surface area (Å²) in [6.45, 7) is 4.99. The summed E-state index contributed by atoms with van der Waals surface area (Å²) in [7, 11) is 0. The number of aliphatic hydroxyl groups excluding tert-OH is 1. The van der Waals surface area contributed by atoms with Crippen molar-refractivity contribution < 1.29 is 15.0 Å². The molecule has 0 saturated heterocycles. The maximum absolute atomic E-state index is 13.1. The molecule has 3 aromatic carbocycles. The molecule has 1 aliphatic rings. The number of nitrogens with zero attached hydrogens (tertiary/aromatic N) is 1. The lowest BCUT2D eigenvalue weighted by atomic mass is 10.1. The van der Waals surface area contributed by atoms with Crippen LogP contribution in [0, 0.1) is 13.8 Å².